The number of halogens is 2. The van der Waals surface area contributed by atoms with E-state index >= 15 is 0 Å². The third kappa shape index (κ3) is 4.65. The second kappa shape index (κ2) is 9.21. The van der Waals surface area contributed by atoms with Gasteiger partial charge in [-0.1, -0.05) is 35.0 Å². The van der Waals surface area contributed by atoms with E-state index in [1.165, 1.54) is 22.7 Å². The molecule has 2 aromatic heterocycles. The molecule has 0 aliphatic carbocycles. The number of hydrogen-bond donors (Lipinski definition) is 1. The van der Waals surface area contributed by atoms with Gasteiger partial charge in [-0.15, -0.1) is 10.2 Å². The lowest BCUT2D eigenvalue weighted by atomic mass is 10.2. The Morgan fingerprint density at radius 1 is 1.10 bits per heavy atom. The maximum atomic E-state index is 12.6. The zero-order chi connectivity index (χ0) is 22.0. The highest BCUT2D eigenvalue weighted by atomic mass is 35.5. The normalized spacial score (nSPS) is 14.1. The van der Waals surface area contributed by atoms with Crippen LogP contribution in [0.4, 0.5) is 0 Å². The van der Waals surface area contributed by atoms with Crippen LogP contribution >= 0.6 is 35.0 Å². The maximum Gasteiger partial charge on any atom is 0.289 e. The Morgan fingerprint density at radius 3 is 2.55 bits per heavy atom. The van der Waals surface area contributed by atoms with E-state index in [0.717, 1.165) is 0 Å². The number of amides is 2. The SMILES string of the molecule is Nn1c(SCC(=O)N2CCN(C(=O)c3ccco3)CC2)nnc1-c1cc(Cl)ccc1Cl. The second-order valence-electron chi connectivity index (χ2n) is 6.74. The largest absolute Gasteiger partial charge is 0.459 e. The number of benzene rings is 1. The molecule has 2 amide bonds. The molecule has 2 N–H and O–H groups in total. The minimum Gasteiger partial charge on any atom is -0.459 e. The van der Waals surface area contributed by atoms with Crippen molar-refractivity contribution < 1.29 is 14.0 Å². The highest BCUT2D eigenvalue weighted by Gasteiger charge is 2.26. The number of hydrogen-bond acceptors (Lipinski definition) is 7. The van der Waals surface area contributed by atoms with Crippen LogP contribution in [-0.2, 0) is 4.79 Å². The molecular formula is C19H18Cl2N6O3S. The molecule has 4 rings (SSSR count). The fourth-order valence-electron chi connectivity index (χ4n) is 3.16. The third-order valence-corrected chi connectivity index (χ3v) is 6.30. The molecule has 0 bridgehead atoms. The number of thioether (sulfide) groups is 1. The Balaban J connectivity index is 1.33. The number of nitrogens with two attached hydrogens (primary N) is 1. The zero-order valence-corrected chi connectivity index (χ0v) is 18.5. The zero-order valence-electron chi connectivity index (χ0n) is 16.2. The molecule has 0 unspecified atom stereocenters. The summed E-state index contributed by atoms with van der Waals surface area (Å²) in [4.78, 5) is 28.3. The average molecular weight is 481 g/mol. The number of nitrogens with zero attached hydrogens (tertiary/aromatic N) is 5. The Kier molecular flexibility index (Phi) is 6.40. The Hall–Kier alpha value is -2.69. The van der Waals surface area contributed by atoms with Crippen LogP contribution in [0.25, 0.3) is 11.4 Å². The maximum absolute atomic E-state index is 12.6. The van der Waals surface area contributed by atoms with Crippen molar-refractivity contribution in [3.05, 3.63) is 52.4 Å². The fraction of sp³-hybridized carbons (Fsp3) is 0.263. The average Bonchev–Trinajstić information content (AvgIpc) is 3.44. The van der Waals surface area contributed by atoms with Crippen molar-refractivity contribution in [2.75, 3.05) is 37.8 Å². The first-order valence-electron chi connectivity index (χ1n) is 9.33. The molecule has 31 heavy (non-hydrogen) atoms. The van der Waals surface area contributed by atoms with Crippen molar-refractivity contribution in [3.8, 4) is 11.4 Å². The molecule has 3 aromatic rings. The smallest absolute Gasteiger partial charge is 0.289 e. The molecule has 0 atom stereocenters. The summed E-state index contributed by atoms with van der Waals surface area (Å²) >= 11 is 13.4. The molecule has 1 fully saturated rings. The van der Waals surface area contributed by atoms with Gasteiger partial charge in [0, 0.05) is 36.8 Å². The van der Waals surface area contributed by atoms with E-state index in [0.29, 0.717) is 58.5 Å². The summed E-state index contributed by atoms with van der Waals surface area (Å²) in [6.45, 7) is 1.79. The molecule has 0 saturated carbocycles. The summed E-state index contributed by atoms with van der Waals surface area (Å²) in [5.41, 5.74) is 0.555. The van der Waals surface area contributed by atoms with Crippen LogP contribution in [0.5, 0.6) is 0 Å². The van der Waals surface area contributed by atoms with Gasteiger partial charge in [0.15, 0.2) is 11.6 Å². The predicted octanol–water partition coefficient (Wildman–Crippen LogP) is 2.64. The predicted molar refractivity (Wildman–Crippen MR) is 118 cm³/mol. The number of rotatable bonds is 5. The summed E-state index contributed by atoms with van der Waals surface area (Å²) < 4.78 is 6.44. The Morgan fingerprint density at radius 2 is 1.84 bits per heavy atom. The van der Waals surface area contributed by atoms with E-state index in [4.69, 9.17) is 33.5 Å². The van der Waals surface area contributed by atoms with Crippen LogP contribution in [0.15, 0.2) is 46.2 Å². The standard InChI is InChI=1S/C19H18Cl2N6O3S/c20-12-3-4-14(21)13(10-12)17-23-24-19(27(17)22)31-11-16(28)25-5-7-26(8-6-25)18(29)15-2-1-9-30-15/h1-4,9-10H,5-8,11,22H2. The van der Waals surface area contributed by atoms with E-state index in [1.54, 1.807) is 40.1 Å². The van der Waals surface area contributed by atoms with Gasteiger partial charge in [0.05, 0.1) is 17.0 Å². The summed E-state index contributed by atoms with van der Waals surface area (Å²) in [6.07, 6.45) is 1.46. The van der Waals surface area contributed by atoms with E-state index in [1.807, 2.05) is 0 Å². The van der Waals surface area contributed by atoms with Gasteiger partial charge in [-0.2, -0.15) is 0 Å². The van der Waals surface area contributed by atoms with Crippen LogP contribution < -0.4 is 5.84 Å². The first kappa shape index (κ1) is 21.5. The molecular weight excluding hydrogens is 463 g/mol. The van der Waals surface area contributed by atoms with E-state index in [2.05, 4.69) is 10.2 Å². The molecule has 1 aliphatic heterocycles. The van der Waals surface area contributed by atoms with Gasteiger partial charge < -0.3 is 20.1 Å². The van der Waals surface area contributed by atoms with Gasteiger partial charge in [0.25, 0.3) is 5.91 Å². The van der Waals surface area contributed by atoms with E-state index in [9.17, 15) is 9.59 Å². The number of nitrogen functional groups attached to an aromatic ring is 1. The van der Waals surface area contributed by atoms with Crippen LogP contribution in [0.2, 0.25) is 10.0 Å². The lowest BCUT2D eigenvalue weighted by molar-refractivity contribution is -0.129. The van der Waals surface area contributed by atoms with Gasteiger partial charge in [-0.3, -0.25) is 9.59 Å². The van der Waals surface area contributed by atoms with E-state index in [-0.39, 0.29) is 17.6 Å². The highest BCUT2D eigenvalue weighted by molar-refractivity contribution is 7.99. The number of carbonyl (C=O) groups excluding carboxylic acids is 2. The van der Waals surface area contributed by atoms with Gasteiger partial charge >= 0.3 is 0 Å². The third-order valence-electron chi connectivity index (χ3n) is 4.81. The molecule has 162 valence electrons. The fourth-order valence-corrected chi connectivity index (χ4v) is 4.29. The first-order valence-corrected chi connectivity index (χ1v) is 11.1. The molecule has 1 aromatic carbocycles. The van der Waals surface area contributed by atoms with Crippen molar-refractivity contribution >= 4 is 46.8 Å². The van der Waals surface area contributed by atoms with Crippen molar-refractivity contribution in [3.63, 3.8) is 0 Å². The van der Waals surface area contributed by atoms with Crippen molar-refractivity contribution in [2.24, 2.45) is 0 Å². The lowest BCUT2D eigenvalue weighted by Crippen LogP contribution is -2.51. The Labute approximate surface area is 192 Å². The van der Waals surface area contributed by atoms with Crippen molar-refractivity contribution in [1.82, 2.24) is 24.7 Å². The Bertz CT molecular complexity index is 1100. The quantitative estimate of drug-likeness (QED) is 0.441. The van der Waals surface area contributed by atoms with Gasteiger partial charge in [0.1, 0.15) is 0 Å². The lowest BCUT2D eigenvalue weighted by Gasteiger charge is -2.34. The summed E-state index contributed by atoms with van der Waals surface area (Å²) in [5.74, 6) is 6.66. The highest BCUT2D eigenvalue weighted by Crippen LogP contribution is 2.30. The minimum absolute atomic E-state index is 0.0690. The molecule has 1 aliphatic rings. The second-order valence-corrected chi connectivity index (χ2v) is 8.53. The number of carbonyl (C=O) groups is 2. The summed E-state index contributed by atoms with van der Waals surface area (Å²) in [6, 6.07) is 8.28. The van der Waals surface area contributed by atoms with Crippen LogP contribution in [0, 0.1) is 0 Å². The minimum atomic E-state index is -0.171. The molecule has 0 radical (unpaired) electrons. The monoisotopic (exact) mass is 480 g/mol. The molecule has 9 nitrogen and oxygen atoms in total. The summed E-state index contributed by atoms with van der Waals surface area (Å²) in [7, 11) is 0. The molecule has 12 heteroatoms. The van der Waals surface area contributed by atoms with Crippen molar-refractivity contribution in [1.29, 1.82) is 0 Å². The van der Waals surface area contributed by atoms with Gasteiger partial charge in [-0.05, 0) is 30.3 Å². The van der Waals surface area contributed by atoms with Gasteiger partial charge in [-0.25, -0.2) is 4.68 Å². The topological polar surface area (TPSA) is 110 Å². The summed E-state index contributed by atoms with van der Waals surface area (Å²) in [5, 5.41) is 9.46. The first-order chi connectivity index (χ1) is 14.9. The molecule has 0 spiro atoms. The van der Waals surface area contributed by atoms with Gasteiger partial charge in [0.2, 0.25) is 11.1 Å². The van der Waals surface area contributed by atoms with Crippen LogP contribution in [-0.4, -0.2) is 68.4 Å². The van der Waals surface area contributed by atoms with Crippen LogP contribution in [0.1, 0.15) is 10.6 Å². The molecule has 3 heterocycles. The van der Waals surface area contributed by atoms with Crippen molar-refractivity contribution in [2.45, 2.75) is 5.16 Å². The van der Waals surface area contributed by atoms with Crippen LogP contribution in [0.3, 0.4) is 0 Å². The van der Waals surface area contributed by atoms with E-state index < -0.39 is 0 Å². The molecule has 1 saturated heterocycles. The number of aromatic nitrogens is 3. The number of piperazine rings is 1. The number of furan rings is 1.